The average Bonchev–Trinajstić information content (AvgIpc) is 2.18. The van der Waals surface area contributed by atoms with Gasteiger partial charge in [0.1, 0.15) is 5.82 Å². The van der Waals surface area contributed by atoms with Crippen LogP contribution < -0.4 is 5.73 Å². The summed E-state index contributed by atoms with van der Waals surface area (Å²) < 4.78 is 12.7. The van der Waals surface area contributed by atoms with E-state index in [9.17, 15) is 4.39 Å². The first kappa shape index (κ1) is 12.1. The Morgan fingerprint density at radius 2 is 2.27 bits per heavy atom. The number of halogens is 1. The van der Waals surface area contributed by atoms with Gasteiger partial charge in [-0.25, -0.2) is 4.39 Å². The molecule has 0 radical (unpaired) electrons. The van der Waals surface area contributed by atoms with Crippen LogP contribution in [0.5, 0.6) is 0 Å². The number of hydrogen-bond donors (Lipinski definition) is 2. The summed E-state index contributed by atoms with van der Waals surface area (Å²) in [5.41, 5.74) is 6.18. The van der Waals surface area contributed by atoms with Gasteiger partial charge in [-0.2, -0.15) is 0 Å². The van der Waals surface area contributed by atoms with E-state index in [1.807, 2.05) is 13.8 Å². The molecule has 0 spiro atoms. The minimum absolute atomic E-state index is 0.0388. The largest absolute Gasteiger partial charge is 0.396 e. The van der Waals surface area contributed by atoms with Crippen molar-refractivity contribution in [2.45, 2.75) is 31.7 Å². The Labute approximate surface area is 89.1 Å². The number of aliphatic hydroxyl groups is 1. The van der Waals surface area contributed by atoms with Gasteiger partial charge >= 0.3 is 0 Å². The second-order valence-electron chi connectivity index (χ2n) is 4.04. The summed E-state index contributed by atoms with van der Waals surface area (Å²) in [7, 11) is 0. The van der Waals surface area contributed by atoms with Gasteiger partial charge in [0.25, 0.3) is 0 Å². The molecule has 1 aromatic rings. The van der Waals surface area contributed by atoms with Crippen molar-refractivity contribution in [2.24, 2.45) is 5.73 Å². The standard InChI is InChI=1S/C11H17FN2O/c1-8(13)11(2,5-6-15)10-4-3-9(12)7-14-10/h3-4,7-8,15H,5-6,13H2,1-2H3. The monoisotopic (exact) mass is 212 g/mol. The van der Waals surface area contributed by atoms with E-state index in [4.69, 9.17) is 10.8 Å². The van der Waals surface area contributed by atoms with E-state index in [0.717, 1.165) is 0 Å². The molecule has 2 unspecified atom stereocenters. The average molecular weight is 212 g/mol. The van der Waals surface area contributed by atoms with Gasteiger partial charge in [0.05, 0.1) is 6.20 Å². The van der Waals surface area contributed by atoms with Crippen LogP contribution >= 0.6 is 0 Å². The third-order valence-corrected chi connectivity index (χ3v) is 2.95. The van der Waals surface area contributed by atoms with Crippen LogP contribution in [-0.4, -0.2) is 22.7 Å². The minimum Gasteiger partial charge on any atom is -0.396 e. The van der Waals surface area contributed by atoms with Crippen molar-refractivity contribution in [1.29, 1.82) is 0 Å². The normalized spacial score (nSPS) is 17.1. The molecule has 0 aliphatic rings. The van der Waals surface area contributed by atoms with Gasteiger partial charge in [-0.3, -0.25) is 4.98 Å². The van der Waals surface area contributed by atoms with Gasteiger partial charge in [0, 0.05) is 23.8 Å². The maximum Gasteiger partial charge on any atom is 0.141 e. The Hall–Kier alpha value is -1.00. The predicted octanol–water partition coefficient (Wildman–Crippen LogP) is 1.21. The Bertz CT molecular complexity index is 313. The molecule has 0 saturated carbocycles. The van der Waals surface area contributed by atoms with E-state index >= 15 is 0 Å². The van der Waals surface area contributed by atoms with Crippen molar-refractivity contribution in [3.05, 3.63) is 29.8 Å². The van der Waals surface area contributed by atoms with E-state index in [-0.39, 0.29) is 18.5 Å². The molecular formula is C11H17FN2O. The zero-order chi connectivity index (χ0) is 11.5. The molecule has 3 nitrogen and oxygen atoms in total. The summed E-state index contributed by atoms with van der Waals surface area (Å²) in [5, 5.41) is 9.01. The summed E-state index contributed by atoms with van der Waals surface area (Å²) in [5.74, 6) is -0.366. The molecule has 0 amide bonds. The zero-order valence-corrected chi connectivity index (χ0v) is 9.07. The number of pyridine rings is 1. The van der Waals surface area contributed by atoms with E-state index in [0.29, 0.717) is 12.1 Å². The molecule has 15 heavy (non-hydrogen) atoms. The molecule has 0 aliphatic heterocycles. The van der Waals surface area contributed by atoms with Gasteiger partial charge < -0.3 is 10.8 Å². The summed E-state index contributed by atoms with van der Waals surface area (Å²) in [6, 6.07) is 2.83. The van der Waals surface area contributed by atoms with Crippen LogP contribution in [-0.2, 0) is 5.41 Å². The summed E-state index contributed by atoms with van der Waals surface area (Å²) in [6.45, 7) is 3.83. The van der Waals surface area contributed by atoms with Crippen molar-refractivity contribution in [1.82, 2.24) is 4.98 Å². The maximum atomic E-state index is 12.7. The van der Waals surface area contributed by atoms with E-state index < -0.39 is 5.41 Å². The maximum absolute atomic E-state index is 12.7. The van der Waals surface area contributed by atoms with Gasteiger partial charge in [-0.1, -0.05) is 6.92 Å². The first-order valence-electron chi connectivity index (χ1n) is 4.99. The summed E-state index contributed by atoms with van der Waals surface area (Å²) in [6.07, 6.45) is 1.69. The first-order valence-corrected chi connectivity index (χ1v) is 4.99. The number of aromatic nitrogens is 1. The molecule has 0 saturated heterocycles. The van der Waals surface area contributed by atoms with Crippen LogP contribution in [0.1, 0.15) is 26.0 Å². The SMILES string of the molecule is CC(N)C(C)(CCO)c1ccc(F)cn1. The lowest BCUT2D eigenvalue weighted by Gasteiger charge is -2.32. The van der Waals surface area contributed by atoms with Gasteiger partial charge in [0.2, 0.25) is 0 Å². The second-order valence-corrected chi connectivity index (χ2v) is 4.04. The molecular weight excluding hydrogens is 195 g/mol. The van der Waals surface area contributed by atoms with Crippen LogP contribution in [0.25, 0.3) is 0 Å². The fourth-order valence-corrected chi connectivity index (χ4v) is 1.53. The van der Waals surface area contributed by atoms with Crippen molar-refractivity contribution in [3.8, 4) is 0 Å². The quantitative estimate of drug-likeness (QED) is 0.788. The molecule has 0 fully saturated rings. The van der Waals surface area contributed by atoms with Crippen LogP contribution in [0, 0.1) is 5.82 Å². The molecule has 84 valence electrons. The Kier molecular flexibility index (Phi) is 3.77. The highest BCUT2D eigenvalue weighted by molar-refractivity contribution is 5.19. The summed E-state index contributed by atoms with van der Waals surface area (Å²) in [4.78, 5) is 4.02. The number of hydrogen-bond acceptors (Lipinski definition) is 3. The number of nitrogens with zero attached hydrogens (tertiary/aromatic N) is 1. The van der Waals surface area contributed by atoms with Crippen LogP contribution in [0.2, 0.25) is 0 Å². The van der Waals surface area contributed by atoms with Crippen molar-refractivity contribution in [2.75, 3.05) is 6.61 Å². The highest BCUT2D eigenvalue weighted by Crippen LogP contribution is 2.28. The molecule has 0 aromatic carbocycles. The molecule has 1 rings (SSSR count). The number of nitrogens with two attached hydrogens (primary N) is 1. The lowest BCUT2D eigenvalue weighted by atomic mass is 9.77. The zero-order valence-electron chi connectivity index (χ0n) is 9.07. The summed E-state index contributed by atoms with van der Waals surface area (Å²) >= 11 is 0. The number of aliphatic hydroxyl groups excluding tert-OH is 1. The van der Waals surface area contributed by atoms with Gasteiger partial charge in [-0.15, -0.1) is 0 Å². The predicted molar refractivity (Wildman–Crippen MR) is 56.9 cm³/mol. The third kappa shape index (κ3) is 2.52. The van der Waals surface area contributed by atoms with Crippen LogP contribution in [0.15, 0.2) is 18.3 Å². The molecule has 3 N–H and O–H groups in total. The molecule has 0 bridgehead atoms. The number of rotatable bonds is 4. The van der Waals surface area contributed by atoms with E-state index in [2.05, 4.69) is 4.98 Å². The lowest BCUT2D eigenvalue weighted by Crippen LogP contribution is -2.42. The fraction of sp³-hybridized carbons (Fsp3) is 0.545. The molecule has 1 heterocycles. The Morgan fingerprint density at radius 1 is 1.60 bits per heavy atom. The molecule has 1 aromatic heterocycles. The lowest BCUT2D eigenvalue weighted by molar-refractivity contribution is 0.226. The third-order valence-electron chi connectivity index (χ3n) is 2.95. The minimum atomic E-state index is -0.414. The highest BCUT2D eigenvalue weighted by atomic mass is 19.1. The fourth-order valence-electron chi connectivity index (χ4n) is 1.53. The van der Waals surface area contributed by atoms with Crippen molar-refractivity contribution < 1.29 is 9.50 Å². The molecule has 4 heteroatoms. The highest BCUT2D eigenvalue weighted by Gasteiger charge is 2.31. The van der Waals surface area contributed by atoms with Gasteiger partial charge in [-0.05, 0) is 25.5 Å². The molecule has 0 aliphatic carbocycles. The molecule has 2 atom stereocenters. The van der Waals surface area contributed by atoms with Crippen molar-refractivity contribution >= 4 is 0 Å². The van der Waals surface area contributed by atoms with Crippen LogP contribution in [0.3, 0.4) is 0 Å². The van der Waals surface area contributed by atoms with Crippen molar-refractivity contribution in [3.63, 3.8) is 0 Å². The second kappa shape index (κ2) is 4.68. The smallest absolute Gasteiger partial charge is 0.141 e. The van der Waals surface area contributed by atoms with Gasteiger partial charge in [0.15, 0.2) is 0 Å². The van der Waals surface area contributed by atoms with Crippen LogP contribution in [0.4, 0.5) is 4.39 Å². The topological polar surface area (TPSA) is 59.1 Å². The van der Waals surface area contributed by atoms with E-state index in [1.165, 1.54) is 12.3 Å². The Morgan fingerprint density at radius 3 is 2.67 bits per heavy atom. The first-order chi connectivity index (χ1) is 7.00. The van der Waals surface area contributed by atoms with E-state index in [1.54, 1.807) is 6.07 Å². The Balaban J connectivity index is 3.04.